The van der Waals surface area contributed by atoms with Crippen molar-refractivity contribution in [3.8, 4) is 0 Å². The van der Waals surface area contributed by atoms with Gasteiger partial charge in [-0.3, -0.25) is 0 Å². The zero-order valence-corrected chi connectivity index (χ0v) is 41.1. The van der Waals surface area contributed by atoms with Crippen molar-refractivity contribution in [2.75, 3.05) is 59.3 Å². The summed E-state index contributed by atoms with van der Waals surface area (Å²) in [6.07, 6.45) is 45.6. The minimum Gasteiger partial charge on any atom is -0.379 e. The number of hydrogen-bond acceptors (Lipinski definition) is 5. The molecule has 352 valence electrons. The zero-order chi connectivity index (χ0) is 43.2. The van der Waals surface area contributed by atoms with Crippen molar-refractivity contribution < 1.29 is 18.9 Å². The maximum Gasteiger partial charge on any atom is 0.0936 e. The van der Waals surface area contributed by atoms with Gasteiger partial charge in [0.25, 0.3) is 0 Å². The molecule has 0 radical (unpaired) electrons. The zero-order valence-electron chi connectivity index (χ0n) is 41.1. The molecule has 61 heavy (non-hydrogen) atoms. The standard InChI is InChI=1S/C56H99NO4/c1-7-8-9-10-11-12-13-14-15-16-17-18-19-20-21-24-38-59-45-50(44-57-36-22-23-37-57)61-42-40-58-39-41-60-49-32-34-55(5)48(43-49)28-29-51-53-31-30-52(47(4)27-25-26-46(2)3)56(53,6)35-33-54(51)55/h11-12,14-15,28,46-47,49-54H,7-10,13,16-27,29-45H2,1-6H3/b12-11-,15-14-/t47-,49+,50?,51?,52-,53+,54+,55+,56-/m1/s1. The van der Waals surface area contributed by atoms with E-state index in [1.165, 1.54) is 154 Å². The molecule has 0 amide bonds. The Balaban J connectivity index is 0.901. The third-order valence-corrected chi connectivity index (χ3v) is 16.9. The van der Waals surface area contributed by atoms with Crippen LogP contribution in [0, 0.1) is 46.3 Å². The second kappa shape index (κ2) is 28.1. The van der Waals surface area contributed by atoms with Crippen molar-refractivity contribution in [1.29, 1.82) is 0 Å². The van der Waals surface area contributed by atoms with E-state index in [9.17, 15) is 0 Å². The number of rotatable bonds is 32. The van der Waals surface area contributed by atoms with Gasteiger partial charge in [0.1, 0.15) is 0 Å². The quantitative estimate of drug-likeness (QED) is 0.0498. The van der Waals surface area contributed by atoms with Gasteiger partial charge in [-0.15, -0.1) is 0 Å². The molecule has 5 rings (SSSR count). The molecule has 0 aromatic rings. The molecule has 4 fully saturated rings. The molecule has 3 saturated carbocycles. The molecule has 2 unspecified atom stereocenters. The van der Waals surface area contributed by atoms with Crippen LogP contribution in [0.2, 0.25) is 0 Å². The summed E-state index contributed by atoms with van der Waals surface area (Å²) in [4.78, 5) is 2.55. The van der Waals surface area contributed by atoms with Gasteiger partial charge in [0.05, 0.1) is 45.2 Å². The van der Waals surface area contributed by atoms with Crippen molar-refractivity contribution in [3.05, 3.63) is 36.0 Å². The van der Waals surface area contributed by atoms with E-state index in [4.69, 9.17) is 18.9 Å². The number of likely N-dealkylation sites (tertiary alicyclic amines) is 1. The van der Waals surface area contributed by atoms with Gasteiger partial charge in [-0.05, 0) is 162 Å². The van der Waals surface area contributed by atoms with E-state index in [0.29, 0.717) is 50.0 Å². The molecule has 1 aliphatic heterocycles. The molecule has 4 aliphatic carbocycles. The van der Waals surface area contributed by atoms with Crippen LogP contribution in [0.25, 0.3) is 0 Å². The minimum atomic E-state index is 0.124. The van der Waals surface area contributed by atoms with Gasteiger partial charge in [0.15, 0.2) is 0 Å². The maximum atomic E-state index is 6.51. The molecule has 1 saturated heterocycles. The number of fused-ring (bicyclic) bond motifs is 5. The second-order valence-electron chi connectivity index (χ2n) is 21.8. The van der Waals surface area contributed by atoms with E-state index in [-0.39, 0.29) is 6.10 Å². The van der Waals surface area contributed by atoms with Gasteiger partial charge in [-0.25, -0.2) is 0 Å². The van der Waals surface area contributed by atoms with Crippen LogP contribution in [-0.2, 0) is 18.9 Å². The molecule has 5 heteroatoms. The predicted molar refractivity (Wildman–Crippen MR) is 259 cm³/mol. The number of nitrogens with zero attached hydrogens (tertiary/aromatic N) is 1. The summed E-state index contributed by atoms with van der Waals surface area (Å²) in [5, 5.41) is 0. The van der Waals surface area contributed by atoms with E-state index in [1.807, 2.05) is 0 Å². The summed E-state index contributed by atoms with van der Waals surface area (Å²) in [6, 6.07) is 0. The molecular formula is C56H99NO4. The summed E-state index contributed by atoms with van der Waals surface area (Å²) in [5.41, 5.74) is 2.68. The first-order valence-corrected chi connectivity index (χ1v) is 26.8. The average Bonchev–Trinajstić information content (AvgIpc) is 3.90. The Morgan fingerprint density at radius 1 is 0.721 bits per heavy atom. The fourth-order valence-corrected chi connectivity index (χ4v) is 13.3. The SMILES string of the molecule is CCCCC/C=C\C/C=C\CCCCCCCCOCC(CN1CCCC1)OCCOCCO[C@H]1CC[C@@]2(C)C(=CCC3[C@@H]4CC[C@H]([C@H](C)CCCC(C)C)[C@@]4(C)CC[C@@H]32)C1. The van der Waals surface area contributed by atoms with E-state index in [0.717, 1.165) is 67.9 Å². The lowest BCUT2D eigenvalue weighted by Gasteiger charge is -2.58. The Hall–Kier alpha value is -0.980. The Labute approximate surface area is 378 Å². The minimum absolute atomic E-state index is 0.124. The van der Waals surface area contributed by atoms with E-state index in [1.54, 1.807) is 5.57 Å². The fourth-order valence-electron chi connectivity index (χ4n) is 13.3. The monoisotopic (exact) mass is 850 g/mol. The van der Waals surface area contributed by atoms with Gasteiger partial charge < -0.3 is 23.8 Å². The smallest absolute Gasteiger partial charge is 0.0936 e. The van der Waals surface area contributed by atoms with Gasteiger partial charge >= 0.3 is 0 Å². The van der Waals surface area contributed by atoms with Crippen molar-refractivity contribution >= 4 is 0 Å². The highest BCUT2D eigenvalue weighted by molar-refractivity contribution is 5.25. The van der Waals surface area contributed by atoms with Crippen LogP contribution in [0.15, 0.2) is 36.0 Å². The van der Waals surface area contributed by atoms with Crippen molar-refractivity contribution in [2.24, 2.45) is 46.3 Å². The van der Waals surface area contributed by atoms with Gasteiger partial charge in [0, 0.05) is 13.2 Å². The van der Waals surface area contributed by atoms with Crippen LogP contribution in [0.3, 0.4) is 0 Å². The normalized spacial score (nSPS) is 30.3. The van der Waals surface area contributed by atoms with Crippen LogP contribution < -0.4 is 0 Å². The van der Waals surface area contributed by atoms with Gasteiger partial charge in [-0.1, -0.05) is 135 Å². The number of ether oxygens (including phenoxy) is 4. The topological polar surface area (TPSA) is 40.2 Å². The highest BCUT2D eigenvalue weighted by Gasteiger charge is 2.59. The largest absolute Gasteiger partial charge is 0.379 e. The van der Waals surface area contributed by atoms with Crippen molar-refractivity contribution in [2.45, 2.75) is 214 Å². The number of allylic oxidation sites excluding steroid dienone is 5. The highest BCUT2D eigenvalue weighted by Crippen LogP contribution is 2.67. The van der Waals surface area contributed by atoms with Crippen LogP contribution in [-0.4, -0.2) is 76.4 Å². The Morgan fingerprint density at radius 2 is 1.46 bits per heavy atom. The second-order valence-corrected chi connectivity index (χ2v) is 21.8. The van der Waals surface area contributed by atoms with Gasteiger partial charge in [-0.2, -0.15) is 0 Å². The predicted octanol–water partition coefficient (Wildman–Crippen LogP) is 14.7. The molecule has 0 spiro atoms. The number of unbranched alkanes of at least 4 members (excludes halogenated alkanes) is 9. The first kappa shape index (κ1) is 51.0. The molecule has 5 aliphatic rings. The molecule has 9 atom stereocenters. The molecule has 0 aromatic heterocycles. The van der Waals surface area contributed by atoms with E-state index < -0.39 is 0 Å². The maximum absolute atomic E-state index is 6.51. The van der Waals surface area contributed by atoms with E-state index >= 15 is 0 Å². The average molecular weight is 850 g/mol. The summed E-state index contributed by atoms with van der Waals surface area (Å²) < 4.78 is 25.1. The molecule has 5 nitrogen and oxygen atoms in total. The molecule has 0 bridgehead atoms. The van der Waals surface area contributed by atoms with Crippen LogP contribution in [0.5, 0.6) is 0 Å². The molecule has 1 heterocycles. The Bertz CT molecular complexity index is 1250. The molecule has 0 aromatic carbocycles. The Kier molecular flexibility index (Phi) is 23.5. The van der Waals surface area contributed by atoms with E-state index in [2.05, 4.69) is 76.8 Å². The third kappa shape index (κ3) is 16.4. The molecular weight excluding hydrogens is 751 g/mol. The van der Waals surface area contributed by atoms with Crippen LogP contribution in [0.4, 0.5) is 0 Å². The number of hydrogen-bond donors (Lipinski definition) is 0. The van der Waals surface area contributed by atoms with Crippen molar-refractivity contribution in [1.82, 2.24) is 4.90 Å². The fraction of sp³-hybridized carbons (Fsp3) is 0.893. The van der Waals surface area contributed by atoms with Crippen LogP contribution in [0.1, 0.15) is 202 Å². The van der Waals surface area contributed by atoms with Crippen LogP contribution >= 0.6 is 0 Å². The summed E-state index contributed by atoms with van der Waals surface area (Å²) in [6.45, 7) is 22.5. The lowest BCUT2D eigenvalue weighted by Crippen LogP contribution is -2.51. The highest BCUT2D eigenvalue weighted by atomic mass is 16.6. The first-order chi connectivity index (χ1) is 29.7. The van der Waals surface area contributed by atoms with Crippen molar-refractivity contribution in [3.63, 3.8) is 0 Å². The first-order valence-electron chi connectivity index (χ1n) is 26.8. The summed E-state index contributed by atoms with van der Waals surface area (Å²) in [7, 11) is 0. The van der Waals surface area contributed by atoms with Gasteiger partial charge in [0.2, 0.25) is 0 Å². The lowest BCUT2D eigenvalue weighted by atomic mass is 9.47. The lowest BCUT2D eigenvalue weighted by molar-refractivity contribution is -0.0730. The summed E-state index contributed by atoms with van der Waals surface area (Å²) in [5.74, 6) is 5.37. The molecule has 0 N–H and O–H groups in total. The summed E-state index contributed by atoms with van der Waals surface area (Å²) >= 11 is 0. The third-order valence-electron chi connectivity index (χ3n) is 16.9. The Morgan fingerprint density at radius 3 is 2.23 bits per heavy atom.